The summed E-state index contributed by atoms with van der Waals surface area (Å²) in [4.78, 5) is 9.72. The first-order chi connectivity index (χ1) is 5.00. The zero-order valence-electron chi connectivity index (χ0n) is 6.66. The van der Waals surface area contributed by atoms with E-state index in [0.29, 0.717) is 0 Å². The number of nitrogens with zero attached hydrogens (tertiary/aromatic N) is 1. The van der Waals surface area contributed by atoms with Crippen LogP contribution >= 0.6 is 15.9 Å². The van der Waals surface area contributed by atoms with Crippen LogP contribution in [0.25, 0.3) is 0 Å². The van der Waals surface area contributed by atoms with E-state index in [9.17, 15) is 10.1 Å². The molecule has 0 spiro atoms. The van der Waals surface area contributed by atoms with Gasteiger partial charge >= 0.3 is 0 Å². The fraction of sp³-hybridized carbons (Fsp3) is 1.00. The number of nitrogens with two attached hydrogens (primary N) is 1. The summed E-state index contributed by atoms with van der Waals surface area (Å²) in [5.74, 6) is 0. The van der Waals surface area contributed by atoms with Crippen molar-refractivity contribution < 1.29 is 4.92 Å². The van der Waals surface area contributed by atoms with Crippen LogP contribution in [0.5, 0.6) is 0 Å². The molecule has 3 atom stereocenters. The second-order valence-corrected chi connectivity index (χ2v) is 3.60. The molecule has 0 aromatic heterocycles. The fourth-order valence-corrected chi connectivity index (χ4v) is 1.27. The molecule has 0 aromatic rings. The largest absolute Gasteiger partial charge is 0.326 e. The van der Waals surface area contributed by atoms with E-state index >= 15 is 0 Å². The van der Waals surface area contributed by atoms with Gasteiger partial charge in [-0.05, 0) is 6.42 Å². The summed E-state index contributed by atoms with van der Waals surface area (Å²) in [5.41, 5.74) is 5.60. The Labute approximate surface area is 74.4 Å². The van der Waals surface area contributed by atoms with Crippen molar-refractivity contribution in [2.75, 3.05) is 0 Å². The van der Waals surface area contributed by atoms with E-state index in [1.165, 1.54) is 0 Å². The predicted molar refractivity (Wildman–Crippen MR) is 47.4 cm³/mol. The van der Waals surface area contributed by atoms with Gasteiger partial charge in [0.2, 0.25) is 6.04 Å². The van der Waals surface area contributed by atoms with E-state index in [4.69, 9.17) is 5.73 Å². The molecule has 0 aromatic carbocycles. The van der Waals surface area contributed by atoms with Crippen molar-refractivity contribution >= 4 is 15.9 Å². The topological polar surface area (TPSA) is 69.2 Å². The summed E-state index contributed by atoms with van der Waals surface area (Å²) in [6.07, 6.45) is 0.744. The third kappa shape index (κ3) is 3.16. The molecule has 0 bridgehead atoms. The molecular weight excluding hydrogens is 212 g/mol. The summed E-state index contributed by atoms with van der Waals surface area (Å²) in [6, 6.07) is -0.764. The quantitative estimate of drug-likeness (QED) is 0.443. The lowest BCUT2D eigenvalue weighted by atomic mass is 10.1. The second kappa shape index (κ2) is 4.66. The van der Waals surface area contributed by atoms with Gasteiger partial charge in [0.1, 0.15) is 0 Å². The molecule has 0 fully saturated rings. The van der Waals surface area contributed by atoms with E-state index in [0.717, 1.165) is 6.42 Å². The summed E-state index contributed by atoms with van der Waals surface area (Å²) in [7, 11) is 0. The van der Waals surface area contributed by atoms with E-state index < -0.39 is 6.04 Å². The minimum atomic E-state index is -0.620. The van der Waals surface area contributed by atoms with E-state index in [2.05, 4.69) is 15.9 Å². The highest BCUT2D eigenvalue weighted by atomic mass is 79.9. The van der Waals surface area contributed by atoms with E-state index in [1.807, 2.05) is 6.92 Å². The van der Waals surface area contributed by atoms with Crippen molar-refractivity contribution in [3.8, 4) is 0 Å². The van der Waals surface area contributed by atoms with Crippen molar-refractivity contribution in [2.24, 2.45) is 5.73 Å². The van der Waals surface area contributed by atoms with Crippen LogP contribution in [0, 0.1) is 10.1 Å². The molecule has 0 saturated carbocycles. The Morgan fingerprint density at radius 2 is 2.18 bits per heavy atom. The first kappa shape index (κ1) is 10.8. The highest BCUT2D eigenvalue weighted by Gasteiger charge is 2.28. The third-order valence-corrected chi connectivity index (χ3v) is 3.12. The SMILES string of the molecule is CCC(N)C(Br)C(C)[N+](=O)[O-]. The molecule has 2 N–H and O–H groups in total. The first-order valence-corrected chi connectivity index (χ1v) is 4.45. The average molecular weight is 225 g/mol. The van der Waals surface area contributed by atoms with Crippen molar-refractivity contribution in [3.63, 3.8) is 0 Å². The standard InChI is InChI=1S/C6H13BrN2O2/c1-3-5(8)6(7)4(2)9(10)11/h4-6H,3,8H2,1-2H3. The molecule has 0 rings (SSSR count). The maximum atomic E-state index is 10.3. The van der Waals surface area contributed by atoms with Gasteiger partial charge in [0.15, 0.2) is 0 Å². The van der Waals surface area contributed by atoms with Gasteiger partial charge < -0.3 is 5.73 Å². The number of nitro groups is 1. The van der Waals surface area contributed by atoms with Crippen molar-refractivity contribution in [1.29, 1.82) is 0 Å². The summed E-state index contributed by atoms with van der Waals surface area (Å²) >= 11 is 3.20. The molecule has 4 nitrogen and oxygen atoms in total. The van der Waals surface area contributed by atoms with Crippen LogP contribution in [-0.4, -0.2) is 21.8 Å². The molecular formula is C6H13BrN2O2. The second-order valence-electron chi connectivity index (χ2n) is 2.54. The van der Waals surface area contributed by atoms with Gasteiger partial charge in [0.25, 0.3) is 0 Å². The molecule has 66 valence electrons. The van der Waals surface area contributed by atoms with E-state index in [1.54, 1.807) is 6.92 Å². The third-order valence-electron chi connectivity index (χ3n) is 1.67. The lowest BCUT2D eigenvalue weighted by molar-refractivity contribution is -0.517. The van der Waals surface area contributed by atoms with Crippen LogP contribution in [0.2, 0.25) is 0 Å². The number of rotatable bonds is 4. The molecule has 11 heavy (non-hydrogen) atoms. The molecule has 0 aliphatic heterocycles. The van der Waals surface area contributed by atoms with Gasteiger partial charge in [-0.25, -0.2) is 0 Å². The van der Waals surface area contributed by atoms with Crippen LogP contribution < -0.4 is 5.73 Å². The number of alkyl halides is 1. The fourth-order valence-electron chi connectivity index (χ4n) is 0.699. The Hall–Kier alpha value is -0.160. The molecule has 0 aliphatic carbocycles. The van der Waals surface area contributed by atoms with Crippen LogP contribution in [-0.2, 0) is 0 Å². The van der Waals surface area contributed by atoms with Gasteiger partial charge in [-0.3, -0.25) is 10.1 Å². The lowest BCUT2D eigenvalue weighted by Gasteiger charge is -2.17. The highest BCUT2D eigenvalue weighted by molar-refractivity contribution is 9.09. The average Bonchev–Trinajstić information content (AvgIpc) is 2.00. The Balaban J connectivity index is 4.00. The highest BCUT2D eigenvalue weighted by Crippen LogP contribution is 2.13. The van der Waals surface area contributed by atoms with Crippen LogP contribution in [0.3, 0.4) is 0 Å². The van der Waals surface area contributed by atoms with Crippen molar-refractivity contribution in [3.05, 3.63) is 10.1 Å². The molecule has 0 aliphatic rings. The van der Waals surface area contributed by atoms with Crippen LogP contribution in [0.15, 0.2) is 0 Å². The summed E-state index contributed by atoms with van der Waals surface area (Å²) in [6.45, 7) is 3.46. The normalized spacial score (nSPS) is 18.9. The minimum absolute atomic E-state index is 0.143. The Bertz CT molecular complexity index is 143. The molecule has 0 radical (unpaired) electrons. The number of hydrogen-bond donors (Lipinski definition) is 1. The Morgan fingerprint density at radius 3 is 2.45 bits per heavy atom. The summed E-state index contributed by atoms with van der Waals surface area (Å²) < 4.78 is 0. The van der Waals surface area contributed by atoms with Gasteiger partial charge in [-0.1, -0.05) is 22.9 Å². The van der Waals surface area contributed by atoms with Gasteiger partial charge in [0.05, 0.1) is 4.83 Å². The first-order valence-electron chi connectivity index (χ1n) is 3.53. The number of halogens is 1. The predicted octanol–water partition coefficient (Wildman–Crippen LogP) is 1.15. The Kier molecular flexibility index (Phi) is 4.60. The van der Waals surface area contributed by atoms with E-state index in [-0.39, 0.29) is 15.8 Å². The molecule has 0 heterocycles. The zero-order valence-corrected chi connectivity index (χ0v) is 8.24. The number of hydrogen-bond acceptors (Lipinski definition) is 3. The van der Waals surface area contributed by atoms with Crippen molar-refractivity contribution in [1.82, 2.24) is 0 Å². The monoisotopic (exact) mass is 224 g/mol. The molecule has 3 unspecified atom stereocenters. The van der Waals surface area contributed by atoms with Gasteiger partial charge in [-0.15, -0.1) is 0 Å². The summed E-state index contributed by atoms with van der Waals surface area (Å²) in [5, 5.41) is 10.3. The molecule has 0 amide bonds. The molecule has 5 heteroatoms. The van der Waals surface area contributed by atoms with Gasteiger partial charge in [0, 0.05) is 17.9 Å². The Morgan fingerprint density at radius 1 is 1.73 bits per heavy atom. The van der Waals surface area contributed by atoms with Crippen molar-refractivity contribution in [2.45, 2.75) is 37.2 Å². The van der Waals surface area contributed by atoms with Crippen LogP contribution in [0.1, 0.15) is 20.3 Å². The zero-order chi connectivity index (χ0) is 9.02. The van der Waals surface area contributed by atoms with Crippen LogP contribution in [0.4, 0.5) is 0 Å². The van der Waals surface area contributed by atoms with Gasteiger partial charge in [-0.2, -0.15) is 0 Å². The maximum Gasteiger partial charge on any atom is 0.224 e. The smallest absolute Gasteiger partial charge is 0.224 e. The molecule has 0 saturated heterocycles. The minimum Gasteiger partial charge on any atom is -0.326 e. The lowest BCUT2D eigenvalue weighted by Crippen LogP contribution is -2.40. The maximum absolute atomic E-state index is 10.3.